The number of carbonyl (C=O) groups excluding carboxylic acids is 2. The number of aromatic amines is 1. The molecule has 29 heavy (non-hydrogen) atoms. The van der Waals surface area contributed by atoms with Crippen molar-refractivity contribution in [2.45, 2.75) is 18.5 Å². The Morgan fingerprint density at radius 2 is 2.07 bits per heavy atom. The SMILES string of the molecule is [2H]C1([2H])Oc2ccc([C@@]3([2H])c4[nH]c5ccccc5c4C[C@@H]4C(=O)N(C([2H])([2H])[2H])CC(=O)N43)cc2O1. The largest absolute Gasteiger partial charge is 0.454 e. The molecular formula is C22H19N3O4. The van der Waals surface area contributed by atoms with Gasteiger partial charge in [0.2, 0.25) is 18.6 Å². The van der Waals surface area contributed by atoms with E-state index in [1.165, 1.54) is 18.2 Å². The Morgan fingerprint density at radius 3 is 2.97 bits per heavy atom. The zero-order valence-corrected chi connectivity index (χ0v) is 15.1. The second kappa shape index (κ2) is 5.76. The van der Waals surface area contributed by atoms with Gasteiger partial charge in [0, 0.05) is 34.1 Å². The van der Waals surface area contributed by atoms with Gasteiger partial charge >= 0.3 is 0 Å². The van der Waals surface area contributed by atoms with Crippen molar-refractivity contribution >= 4 is 22.7 Å². The number of nitrogens with one attached hydrogen (secondary N) is 1. The molecule has 7 heteroatoms. The number of hydrogen-bond acceptors (Lipinski definition) is 4. The topological polar surface area (TPSA) is 74.9 Å². The predicted octanol–water partition coefficient (Wildman–Crippen LogP) is 2.21. The average molecular weight is 395 g/mol. The third-order valence-electron chi connectivity index (χ3n) is 5.63. The van der Waals surface area contributed by atoms with Crippen molar-refractivity contribution in [3.05, 3.63) is 59.3 Å². The lowest BCUT2D eigenvalue weighted by molar-refractivity contribution is -0.157. The first-order chi connectivity index (χ1) is 16.4. The molecular weight excluding hydrogens is 370 g/mol. The maximum atomic E-state index is 13.4. The van der Waals surface area contributed by atoms with Gasteiger partial charge in [0.05, 0.1) is 13.9 Å². The zero-order chi connectivity index (χ0) is 24.9. The van der Waals surface area contributed by atoms with Crippen molar-refractivity contribution in [2.24, 2.45) is 0 Å². The van der Waals surface area contributed by atoms with Crippen LogP contribution in [0.2, 0.25) is 0 Å². The number of benzene rings is 2. The van der Waals surface area contributed by atoms with Crippen LogP contribution in [0.5, 0.6) is 11.5 Å². The molecule has 2 aromatic carbocycles. The van der Waals surface area contributed by atoms with Crippen molar-refractivity contribution in [1.29, 1.82) is 0 Å². The lowest BCUT2D eigenvalue weighted by Crippen LogP contribution is -2.62. The second-order valence-electron chi connectivity index (χ2n) is 7.23. The van der Waals surface area contributed by atoms with E-state index in [0.717, 1.165) is 10.3 Å². The summed E-state index contributed by atoms with van der Waals surface area (Å²) in [5.41, 5.74) is 1.95. The van der Waals surface area contributed by atoms with Crippen LogP contribution < -0.4 is 9.47 Å². The fourth-order valence-electron chi connectivity index (χ4n) is 4.35. The van der Waals surface area contributed by atoms with Crippen molar-refractivity contribution in [2.75, 3.05) is 20.3 Å². The number of piperazine rings is 1. The smallest absolute Gasteiger partial charge is 0.245 e. The van der Waals surface area contributed by atoms with Gasteiger partial charge in [-0.3, -0.25) is 9.59 Å². The molecule has 4 heterocycles. The summed E-state index contributed by atoms with van der Waals surface area (Å²) >= 11 is 0. The molecule has 1 N–H and O–H groups in total. The van der Waals surface area contributed by atoms with Gasteiger partial charge in [-0.25, -0.2) is 0 Å². The van der Waals surface area contributed by atoms with Gasteiger partial charge in [-0.2, -0.15) is 0 Å². The molecule has 3 aliphatic rings. The standard InChI is InChI=1S/C22H19N3O4/c1-24-10-19(26)25-16(22(24)27)9-14-13-4-2-3-5-15(13)23-20(14)21(25)12-6-7-17-18(8-12)29-11-28-17/h2-8,16,21,23H,9-11H2,1H3/t16-,21+/m1/s1/i1D3,11D2,21D. The summed E-state index contributed by atoms with van der Waals surface area (Å²) in [4.78, 5) is 31.8. The highest BCUT2D eigenvalue weighted by atomic mass is 16.7. The quantitative estimate of drug-likeness (QED) is 0.686. The number of aromatic nitrogens is 1. The van der Waals surface area contributed by atoms with E-state index >= 15 is 0 Å². The fraction of sp³-hybridized carbons (Fsp3) is 0.273. The summed E-state index contributed by atoms with van der Waals surface area (Å²) in [6, 6.07) is 8.52. The van der Waals surface area contributed by atoms with Crippen LogP contribution in [0, 0.1) is 0 Å². The summed E-state index contributed by atoms with van der Waals surface area (Å²) < 4.78 is 58.6. The molecule has 3 aliphatic heterocycles. The molecule has 3 aromatic rings. The molecule has 1 saturated heterocycles. The van der Waals surface area contributed by atoms with Crippen LogP contribution in [0.25, 0.3) is 10.9 Å². The Balaban J connectivity index is 1.58. The Hall–Kier alpha value is -3.48. The maximum absolute atomic E-state index is 13.4. The molecule has 1 aromatic heterocycles. The van der Waals surface area contributed by atoms with Crippen molar-refractivity contribution < 1.29 is 27.3 Å². The number of nitrogens with zero attached hydrogens (tertiary/aromatic N) is 2. The Kier molecular flexibility index (Phi) is 2.29. The Bertz CT molecular complexity index is 1420. The predicted molar refractivity (Wildman–Crippen MR) is 105 cm³/mol. The average Bonchev–Trinajstić information content (AvgIpc) is 3.31. The third kappa shape index (κ3) is 2.24. The van der Waals surface area contributed by atoms with Crippen LogP contribution in [0.1, 0.15) is 31.1 Å². The van der Waals surface area contributed by atoms with E-state index in [4.69, 9.17) is 16.3 Å². The molecule has 1 fully saturated rings. The van der Waals surface area contributed by atoms with Gasteiger partial charge in [0.15, 0.2) is 11.5 Å². The lowest BCUT2D eigenvalue weighted by Gasteiger charge is -2.46. The lowest BCUT2D eigenvalue weighted by atomic mass is 9.86. The van der Waals surface area contributed by atoms with Crippen LogP contribution >= 0.6 is 0 Å². The molecule has 0 radical (unpaired) electrons. The number of ether oxygens (including phenoxy) is 2. The highest BCUT2D eigenvalue weighted by molar-refractivity contribution is 5.97. The maximum Gasteiger partial charge on any atom is 0.245 e. The minimum absolute atomic E-state index is 0.0459. The summed E-state index contributed by atoms with van der Waals surface area (Å²) in [5, 5.41) is 0.766. The van der Waals surface area contributed by atoms with Crippen molar-refractivity contribution in [1.82, 2.24) is 14.8 Å². The number of amides is 2. The van der Waals surface area contributed by atoms with E-state index in [0.29, 0.717) is 21.7 Å². The minimum atomic E-state index is -2.80. The van der Waals surface area contributed by atoms with E-state index in [9.17, 15) is 11.0 Å². The number of hydrogen-bond donors (Lipinski definition) is 1. The van der Waals surface area contributed by atoms with Gasteiger partial charge in [-0.1, -0.05) is 24.3 Å². The minimum Gasteiger partial charge on any atom is -0.454 e. The summed E-state index contributed by atoms with van der Waals surface area (Å²) in [6.07, 6.45) is 0.0459. The van der Waals surface area contributed by atoms with E-state index < -0.39 is 44.1 Å². The number of rotatable bonds is 1. The summed E-state index contributed by atoms with van der Waals surface area (Å²) in [7, 11) is 0. The van der Waals surface area contributed by atoms with E-state index in [1.54, 1.807) is 0 Å². The zero-order valence-electron chi connectivity index (χ0n) is 21.1. The molecule has 0 bridgehead atoms. The van der Waals surface area contributed by atoms with Gasteiger partial charge in [-0.05, 0) is 29.3 Å². The van der Waals surface area contributed by atoms with Crippen LogP contribution in [-0.2, 0) is 16.0 Å². The molecule has 0 unspecified atom stereocenters. The number of H-pyrrole nitrogens is 1. The van der Waals surface area contributed by atoms with E-state index in [-0.39, 0.29) is 23.5 Å². The first-order valence-corrected chi connectivity index (χ1v) is 9.16. The van der Waals surface area contributed by atoms with Crippen molar-refractivity contribution in [3.63, 3.8) is 0 Å². The molecule has 7 nitrogen and oxygen atoms in total. The Morgan fingerprint density at radius 1 is 1.21 bits per heavy atom. The third-order valence-corrected chi connectivity index (χ3v) is 5.63. The van der Waals surface area contributed by atoms with E-state index in [1.807, 2.05) is 24.3 Å². The van der Waals surface area contributed by atoms with Crippen LogP contribution in [0.3, 0.4) is 0 Å². The molecule has 6 rings (SSSR count). The van der Waals surface area contributed by atoms with E-state index in [2.05, 4.69) is 4.98 Å². The highest BCUT2D eigenvalue weighted by Gasteiger charge is 2.47. The molecule has 0 aliphatic carbocycles. The molecule has 0 spiro atoms. The fourth-order valence-corrected chi connectivity index (χ4v) is 4.35. The van der Waals surface area contributed by atoms with Gasteiger partial charge in [0.25, 0.3) is 0 Å². The second-order valence-corrected chi connectivity index (χ2v) is 7.23. The first kappa shape index (κ1) is 11.5. The number of likely N-dealkylation sites (N-methyl/N-ethyl adjacent to an activating group) is 1. The monoisotopic (exact) mass is 395 g/mol. The summed E-state index contributed by atoms with van der Waals surface area (Å²) in [5.74, 6) is -1.24. The molecule has 0 saturated carbocycles. The van der Waals surface area contributed by atoms with Crippen molar-refractivity contribution in [3.8, 4) is 11.5 Å². The first-order valence-electron chi connectivity index (χ1n) is 12.2. The molecule has 2 atom stereocenters. The van der Waals surface area contributed by atoms with Crippen LogP contribution in [-0.4, -0.2) is 52.9 Å². The number of para-hydroxylation sites is 1. The molecule has 146 valence electrons. The van der Waals surface area contributed by atoms with Gasteiger partial charge < -0.3 is 24.3 Å². The van der Waals surface area contributed by atoms with Gasteiger partial charge in [0.1, 0.15) is 8.78 Å². The van der Waals surface area contributed by atoms with Crippen LogP contribution in [0.15, 0.2) is 42.5 Å². The summed E-state index contributed by atoms with van der Waals surface area (Å²) in [6.45, 7) is -5.86. The Labute approximate surface area is 175 Å². The van der Waals surface area contributed by atoms with Crippen LogP contribution in [0.4, 0.5) is 0 Å². The number of carbonyl (C=O) groups is 2. The molecule has 2 amide bonds. The normalized spacial score (nSPS) is 30.6. The highest BCUT2D eigenvalue weighted by Crippen LogP contribution is 2.44. The van der Waals surface area contributed by atoms with Gasteiger partial charge in [-0.15, -0.1) is 0 Å². The number of fused-ring (bicyclic) bond motifs is 5.